The highest BCUT2D eigenvalue weighted by Gasteiger charge is 2.15. The molecular formula is C4H6FN3O2. The Bertz CT molecular complexity index is 166. The van der Waals surface area contributed by atoms with Crippen LogP contribution in [-0.4, -0.2) is 18.9 Å². The Morgan fingerprint density at radius 1 is 2.00 bits per heavy atom. The van der Waals surface area contributed by atoms with E-state index in [1.54, 1.807) is 0 Å². The van der Waals surface area contributed by atoms with Gasteiger partial charge in [0.2, 0.25) is 0 Å². The Labute approximate surface area is 56.4 Å². The van der Waals surface area contributed by atoms with E-state index in [0.717, 1.165) is 0 Å². The van der Waals surface area contributed by atoms with Crippen molar-refractivity contribution in [2.45, 2.75) is 13.2 Å². The average Bonchev–Trinajstić information content (AvgIpc) is 1.89. The molecule has 0 bridgehead atoms. The molecule has 1 atom stereocenters. The fraction of sp³-hybridized carbons (Fsp3) is 0.750. The van der Waals surface area contributed by atoms with Crippen LogP contribution in [0.4, 0.5) is 4.39 Å². The van der Waals surface area contributed by atoms with Crippen molar-refractivity contribution in [1.29, 1.82) is 0 Å². The van der Waals surface area contributed by atoms with Crippen LogP contribution in [0.2, 0.25) is 0 Å². The highest BCUT2D eigenvalue weighted by molar-refractivity contribution is 5.74. The molecule has 0 aliphatic heterocycles. The number of carbonyl (C=O) groups is 1. The molecule has 0 amide bonds. The summed E-state index contributed by atoms with van der Waals surface area (Å²) in [5.41, 5.74) is 7.66. The zero-order valence-corrected chi connectivity index (χ0v) is 5.32. The summed E-state index contributed by atoms with van der Waals surface area (Å²) in [6, 6.07) is 0. The average molecular weight is 147 g/mol. The Morgan fingerprint density at radius 3 is 3.00 bits per heavy atom. The summed E-state index contributed by atoms with van der Waals surface area (Å²) in [5, 5.41) is 2.48. The first kappa shape index (κ1) is 8.71. The summed E-state index contributed by atoms with van der Waals surface area (Å²) in [5.74, 6) is -1.15. The van der Waals surface area contributed by atoms with Crippen LogP contribution in [0.5, 0.6) is 0 Å². The number of alkyl halides is 1. The van der Waals surface area contributed by atoms with Crippen LogP contribution in [0.15, 0.2) is 5.11 Å². The summed E-state index contributed by atoms with van der Waals surface area (Å²) in [7, 11) is 0. The Morgan fingerprint density at radius 2 is 2.60 bits per heavy atom. The summed E-state index contributed by atoms with van der Waals surface area (Å²) in [6.07, 6.45) is -2.22. The maximum Gasteiger partial charge on any atom is 0.346 e. The number of ether oxygens (including phenoxy) is 1. The third-order valence-electron chi connectivity index (χ3n) is 0.634. The number of rotatable bonds is 3. The zero-order chi connectivity index (χ0) is 7.98. The van der Waals surface area contributed by atoms with E-state index in [2.05, 4.69) is 14.8 Å². The van der Waals surface area contributed by atoms with Crippen molar-refractivity contribution >= 4 is 5.97 Å². The Kier molecular flexibility index (Phi) is 3.99. The van der Waals surface area contributed by atoms with Crippen molar-refractivity contribution in [2.24, 2.45) is 5.11 Å². The minimum Gasteiger partial charge on any atom is -0.464 e. The highest BCUT2D eigenvalue weighted by atomic mass is 19.1. The number of halogens is 1. The fourth-order valence-electron chi connectivity index (χ4n) is 0.304. The normalized spacial score (nSPS) is 11.4. The van der Waals surface area contributed by atoms with Gasteiger partial charge in [-0.3, -0.25) is 0 Å². The zero-order valence-electron chi connectivity index (χ0n) is 5.32. The summed E-state index contributed by atoms with van der Waals surface area (Å²) >= 11 is 0. The Balaban J connectivity index is 3.81. The van der Waals surface area contributed by atoms with Crippen LogP contribution in [-0.2, 0) is 9.53 Å². The predicted octanol–water partition coefficient (Wildman–Crippen LogP) is 1.16. The van der Waals surface area contributed by atoms with E-state index < -0.39 is 12.3 Å². The van der Waals surface area contributed by atoms with Gasteiger partial charge in [-0.1, -0.05) is 0 Å². The number of azide groups is 1. The third-order valence-corrected chi connectivity index (χ3v) is 0.634. The topological polar surface area (TPSA) is 75.1 Å². The molecule has 0 N–H and O–H groups in total. The third kappa shape index (κ3) is 2.88. The molecule has 0 fully saturated rings. The lowest BCUT2D eigenvalue weighted by Gasteiger charge is -1.99. The van der Waals surface area contributed by atoms with Gasteiger partial charge in [0.15, 0.2) is 0 Å². The molecule has 1 unspecified atom stereocenters. The second-order valence-corrected chi connectivity index (χ2v) is 1.29. The molecule has 10 heavy (non-hydrogen) atoms. The SMILES string of the molecule is CCOC(=O)C(F)N=[N+]=[N-]. The van der Waals surface area contributed by atoms with Crippen molar-refractivity contribution in [3.05, 3.63) is 10.4 Å². The lowest BCUT2D eigenvalue weighted by molar-refractivity contribution is -0.148. The van der Waals surface area contributed by atoms with Crippen molar-refractivity contribution in [1.82, 2.24) is 0 Å². The summed E-state index contributed by atoms with van der Waals surface area (Å²) < 4.78 is 16.3. The minimum atomic E-state index is -2.22. The molecule has 0 saturated heterocycles. The van der Waals surface area contributed by atoms with E-state index in [4.69, 9.17) is 5.53 Å². The van der Waals surface area contributed by atoms with Crippen molar-refractivity contribution in [3.8, 4) is 0 Å². The van der Waals surface area contributed by atoms with Crippen LogP contribution in [0.3, 0.4) is 0 Å². The first-order valence-electron chi connectivity index (χ1n) is 2.57. The van der Waals surface area contributed by atoms with E-state index in [-0.39, 0.29) is 6.61 Å². The van der Waals surface area contributed by atoms with Gasteiger partial charge in [-0.25, -0.2) is 9.18 Å². The van der Waals surface area contributed by atoms with E-state index in [1.165, 1.54) is 6.92 Å². The van der Waals surface area contributed by atoms with Crippen molar-refractivity contribution in [2.75, 3.05) is 6.61 Å². The van der Waals surface area contributed by atoms with Crippen molar-refractivity contribution in [3.63, 3.8) is 0 Å². The number of esters is 1. The molecule has 56 valence electrons. The summed E-state index contributed by atoms with van der Waals surface area (Å²) in [4.78, 5) is 12.4. The number of hydrogen-bond acceptors (Lipinski definition) is 3. The van der Waals surface area contributed by atoms with Gasteiger partial charge in [0.05, 0.1) is 6.61 Å². The molecule has 0 saturated carbocycles. The van der Waals surface area contributed by atoms with Gasteiger partial charge in [-0.2, -0.15) is 0 Å². The lowest BCUT2D eigenvalue weighted by atomic mass is 10.6. The Hall–Kier alpha value is -1.29. The van der Waals surface area contributed by atoms with E-state index in [1.807, 2.05) is 0 Å². The van der Waals surface area contributed by atoms with E-state index >= 15 is 0 Å². The largest absolute Gasteiger partial charge is 0.464 e. The van der Waals surface area contributed by atoms with Gasteiger partial charge < -0.3 is 4.74 Å². The number of hydrogen-bond donors (Lipinski definition) is 0. The fourth-order valence-corrected chi connectivity index (χ4v) is 0.304. The standard InChI is InChI=1S/C4H6FN3O2/c1-2-10-4(9)3(5)7-8-6/h3H,2H2,1H3. The first-order chi connectivity index (χ1) is 4.72. The molecule has 0 heterocycles. The van der Waals surface area contributed by atoms with Gasteiger partial charge in [-0.15, -0.1) is 0 Å². The van der Waals surface area contributed by atoms with Crippen LogP contribution >= 0.6 is 0 Å². The molecule has 0 aliphatic rings. The van der Waals surface area contributed by atoms with E-state index in [0.29, 0.717) is 0 Å². The lowest BCUT2D eigenvalue weighted by Crippen LogP contribution is -2.15. The van der Waals surface area contributed by atoms with Crippen LogP contribution < -0.4 is 0 Å². The smallest absolute Gasteiger partial charge is 0.346 e. The van der Waals surface area contributed by atoms with Crippen LogP contribution in [0, 0.1) is 0 Å². The predicted molar refractivity (Wildman–Crippen MR) is 30.7 cm³/mol. The van der Waals surface area contributed by atoms with E-state index in [9.17, 15) is 9.18 Å². The van der Waals surface area contributed by atoms with Gasteiger partial charge in [0.1, 0.15) is 0 Å². The monoisotopic (exact) mass is 147 g/mol. The molecule has 0 aromatic rings. The first-order valence-corrected chi connectivity index (χ1v) is 2.57. The summed E-state index contributed by atoms with van der Waals surface area (Å²) in [6.45, 7) is 1.60. The molecule has 0 aromatic heterocycles. The highest BCUT2D eigenvalue weighted by Crippen LogP contribution is 1.95. The maximum absolute atomic E-state index is 12.1. The van der Waals surface area contributed by atoms with Crippen molar-refractivity contribution < 1.29 is 13.9 Å². The van der Waals surface area contributed by atoms with Crippen LogP contribution in [0.25, 0.3) is 10.4 Å². The molecule has 0 rings (SSSR count). The van der Waals surface area contributed by atoms with Gasteiger partial charge in [-0.05, 0) is 17.6 Å². The minimum absolute atomic E-state index is 0.0696. The van der Waals surface area contributed by atoms with Crippen LogP contribution in [0.1, 0.15) is 6.92 Å². The maximum atomic E-state index is 12.1. The van der Waals surface area contributed by atoms with Gasteiger partial charge in [0, 0.05) is 4.91 Å². The molecule has 0 aliphatic carbocycles. The van der Waals surface area contributed by atoms with Gasteiger partial charge in [0.25, 0.3) is 6.30 Å². The molecule has 0 aromatic carbocycles. The molecule has 0 spiro atoms. The second-order valence-electron chi connectivity index (χ2n) is 1.29. The molecule has 6 heteroatoms. The second kappa shape index (κ2) is 4.58. The van der Waals surface area contributed by atoms with Gasteiger partial charge >= 0.3 is 5.97 Å². The molecule has 0 radical (unpaired) electrons. The molecular weight excluding hydrogens is 141 g/mol. The molecule has 5 nitrogen and oxygen atoms in total. The number of nitrogens with zero attached hydrogens (tertiary/aromatic N) is 3. The number of carbonyl (C=O) groups excluding carboxylic acids is 1. The quantitative estimate of drug-likeness (QED) is 0.197.